The Kier molecular flexibility index (Phi) is 5.27. The lowest BCUT2D eigenvalue weighted by Gasteiger charge is -2.46. The van der Waals surface area contributed by atoms with Gasteiger partial charge in [0.25, 0.3) is 0 Å². The number of amides is 3. The van der Waals surface area contributed by atoms with Gasteiger partial charge in [0.05, 0.1) is 24.4 Å². The van der Waals surface area contributed by atoms with Gasteiger partial charge in [-0.2, -0.15) is 0 Å². The fourth-order valence-electron chi connectivity index (χ4n) is 4.10. The second-order valence-corrected chi connectivity index (χ2v) is 9.81. The number of guanidine groups is 1. The maximum atomic E-state index is 12.2. The number of alkyl halides is 3. The van der Waals surface area contributed by atoms with Crippen molar-refractivity contribution in [3.63, 3.8) is 0 Å². The van der Waals surface area contributed by atoms with Gasteiger partial charge in [-0.05, 0) is 6.08 Å². The predicted octanol–water partition coefficient (Wildman–Crippen LogP) is 0.571. The molecular formula is C17H19Cl3N6O4. The number of alkyl carbamates (subject to hydrolysis) is 1. The van der Waals surface area contributed by atoms with Crippen molar-refractivity contribution in [2.75, 3.05) is 19.7 Å². The van der Waals surface area contributed by atoms with E-state index in [0.717, 1.165) is 0 Å². The van der Waals surface area contributed by atoms with Gasteiger partial charge in [-0.1, -0.05) is 47.5 Å². The molecule has 0 radical (unpaired) electrons. The summed E-state index contributed by atoms with van der Waals surface area (Å²) in [6.07, 6.45) is 3.37. The number of ether oxygens (including phenoxy) is 1. The Morgan fingerprint density at radius 3 is 2.73 bits per heavy atom. The Morgan fingerprint density at radius 2 is 2.07 bits per heavy atom. The lowest BCUT2D eigenvalue weighted by molar-refractivity contribution is -0.138. The van der Waals surface area contributed by atoms with Crippen molar-refractivity contribution in [1.29, 1.82) is 0 Å². The largest absolute Gasteiger partial charge is 0.445 e. The van der Waals surface area contributed by atoms with Crippen molar-refractivity contribution >= 4 is 58.7 Å². The molecule has 0 bridgehead atoms. The fraction of sp³-hybridized carbons (Fsp3) is 0.529. The summed E-state index contributed by atoms with van der Waals surface area (Å²) in [5.41, 5.74) is -0.771. The summed E-state index contributed by atoms with van der Waals surface area (Å²) in [5.74, 6) is 0.291. The smallest absolute Gasteiger partial charge is 0.414 e. The van der Waals surface area contributed by atoms with Gasteiger partial charge in [-0.25, -0.2) is 9.79 Å². The zero-order valence-electron chi connectivity index (χ0n) is 15.7. The minimum atomic E-state index is -1.75. The monoisotopic (exact) mass is 476 g/mol. The molecule has 162 valence electrons. The second kappa shape index (κ2) is 7.51. The van der Waals surface area contributed by atoms with Crippen LogP contribution in [0.4, 0.5) is 4.79 Å². The zero-order valence-corrected chi connectivity index (χ0v) is 17.9. The van der Waals surface area contributed by atoms with Crippen LogP contribution in [0, 0.1) is 0 Å². The lowest BCUT2D eigenvalue weighted by atomic mass is 9.92. The first-order valence-corrected chi connectivity index (χ1v) is 10.3. The van der Waals surface area contributed by atoms with Gasteiger partial charge in [0.15, 0.2) is 5.66 Å². The fourth-order valence-corrected chi connectivity index (χ4v) is 4.26. The van der Waals surface area contributed by atoms with Gasteiger partial charge < -0.3 is 20.3 Å². The second-order valence-electron chi connectivity index (χ2n) is 7.30. The Hall–Kier alpha value is -2.17. The molecule has 3 amide bonds. The van der Waals surface area contributed by atoms with Crippen molar-refractivity contribution in [1.82, 2.24) is 25.8 Å². The van der Waals surface area contributed by atoms with Crippen LogP contribution in [0.1, 0.15) is 12.8 Å². The lowest BCUT2D eigenvalue weighted by Crippen LogP contribution is -2.70. The van der Waals surface area contributed by atoms with E-state index in [0.29, 0.717) is 12.4 Å². The maximum absolute atomic E-state index is 12.2. The maximum Gasteiger partial charge on any atom is 0.414 e. The highest BCUT2D eigenvalue weighted by Gasteiger charge is 2.57. The van der Waals surface area contributed by atoms with Crippen LogP contribution in [0.25, 0.3) is 0 Å². The Labute approximate surface area is 187 Å². The average molecular weight is 478 g/mol. The van der Waals surface area contributed by atoms with Crippen molar-refractivity contribution in [2.24, 2.45) is 4.99 Å². The van der Waals surface area contributed by atoms with Gasteiger partial charge >= 0.3 is 6.09 Å². The number of rotatable bonds is 3. The molecule has 0 aliphatic carbocycles. The highest BCUT2D eigenvalue weighted by molar-refractivity contribution is 6.67. The van der Waals surface area contributed by atoms with Crippen LogP contribution in [0.5, 0.6) is 0 Å². The molecule has 0 saturated carbocycles. The predicted molar refractivity (Wildman–Crippen MR) is 110 cm³/mol. The Balaban J connectivity index is 1.60. The van der Waals surface area contributed by atoms with Gasteiger partial charge in [0.1, 0.15) is 6.61 Å². The number of hydrogen-bond donors (Lipinski definition) is 3. The number of hydrogen-bond acceptors (Lipinski definition) is 8. The molecule has 1 spiro atoms. The van der Waals surface area contributed by atoms with E-state index in [-0.39, 0.29) is 43.2 Å². The summed E-state index contributed by atoms with van der Waals surface area (Å²) in [4.78, 5) is 44.2. The number of aliphatic imine (C=N–C) groups is 1. The molecule has 4 aliphatic rings. The SMILES string of the molecule is C=C1N[C@H]2[C@H](CN3C(=O)CCC3=O)N=C(NC(=O)OCC(Cl)(Cl)Cl)N3CC=C[C@]23N1. The summed E-state index contributed by atoms with van der Waals surface area (Å²) in [7, 11) is 0. The molecule has 4 aliphatic heterocycles. The van der Waals surface area contributed by atoms with E-state index in [1.165, 1.54) is 4.90 Å². The van der Waals surface area contributed by atoms with E-state index in [1.807, 2.05) is 17.1 Å². The van der Waals surface area contributed by atoms with E-state index in [4.69, 9.17) is 39.5 Å². The van der Waals surface area contributed by atoms with Crippen LogP contribution < -0.4 is 16.0 Å². The number of nitrogens with one attached hydrogen (secondary N) is 3. The molecule has 0 aromatic rings. The van der Waals surface area contributed by atoms with Crippen LogP contribution in [0.3, 0.4) is 0 Å². The molecule has 10 nitrogen and oxygen atoms in total. The summed E-state index contributed by atoms with van der Waals surface area (Å²) in [5, 5.41) is 9.09. The number of halogens is 3. The van der Waals surface area contributed by atoms with Crippen LogP contribution in [0.15, 0.2) is 29.5 Å². The van der Waals surface area contributed by atoms with Gasteiger partial charge in [0, 0.05) is 19.4 Å². The van der Waals surface area contributed by atoms with Gasteiger partial charge in [-0.3, -0.25) is 19.8 Å². The number of carbonyl (C=O) groups excluding carboxylic acids is 3. The molecule has 2 saturated heterocycles. The van der Waals surface area contributed by atoms with Gasteiger partial charge in [-0.15, -0.1) is 0 Å². The third kappa shape index (κ3) is 3.79. The minimum Gasteiger partial charge on any atom is -0.445 e. The molecule has 0 aromatic heterocycles. The van der Waals surface area contributed by atoms with Crippen molar-refractivity contribution in [3.8, 4) is 0 Å². The molecule has 4 heterocycles. The third-order valence-electron chi connectivity index (χ3n) is 5.30. The molecule has 4 rings (SSSR count). The normalized spacial score (nSPS) is 30.0. The van der Waals surface area contributed by atoms with E-state index in [9.17, 15) is 14.4 Å². The van der Waals surface area contributed by atoms with Crippen molar-refractivity contribution < 1.29 is 19.1 Å². The van der Waals surface area contributed by atoms with Crippen LogP contribution in [-0.2, 0) is 14.3 Å². The van der Waals surface area contributed by atoms with Crippen LogP contribution in [-0.4, -0.2) is 74.9 Å². The van der Waals surface area contributed by atoms with E-state index in [2.05, 4.69) is 27.5 Å². The van der Waals surface area contributed by atoms with E-state index in [1.54, 1.807) is 0 Å². The summed E-state index contributed by atoms with van der Waals surface area (Å²) >= 11 is 16.9. The molecule has 3 atom stereocenters. The average Bonchev–Trinajstić information content (AvgIpc) is 3.32. The molecule has 2 fully saturated rings. The molecule has 30 heavy (non-hydrogen) atoms. The Bertz CT molecular complexity index is 856. The molecular weight excluding hydrogens is 459 g/mol. The van der Waals surface area contributed by atoms with Gasteiger partial charge in [0.2, 0.25) is 21.6 Å². The number of likely N-dealkylation sites (tertiary alicyclic amines) is 1. The molecule has 0 unspecified atom stereocenters. The summed E-state index contributed by atoms with van der Waals surface area (Å²) < 4.78 is 3.20. The summed E-state index contributed by atoms with van der Waals surface area (Å²) in [6, 6.07) is -0.877. The molecule has 0 aromatic carbocycles. The number of nitrogens with zero attached hydrogens (tertiary/aromatic N) is 3. The summed E-state index contributed by atoms with van der Waals surface area (Å²) in [6.45, 7) is 4.02. The van der Waals surface area contributed by atoms with Crippen molar-refractivity contribution in [3.05, 3.63) is 24.6 Å². The first kappa shape index (κ1) is 21.1. The standard InChI is InChI=1S/C17H19Cl3N6O4/c1-9-21-13-10(7-25-11(27)3-4-12(25)28)22-14(23-15(29)30-8-17(18,19)20)26-6-2-5-16(13,26)24-9/h2,5,10,13,21,24H,1,3-4,6-8H2,(H,22,23,29)/t10-,13-,16+/m0/s1. The molecule has 13 heteroatoms. The van der Waals surface area contributed by atoms with Crippen LogP contribution in [0.2, 0.25) is 0 Å². The Morgan fingerprint density at radius 1 is 1.37 bits per heavy atom. The molecule has 3 N–H and O–H groups in total. The first-order chi connectivity index (χ1) is 14.1. The third-order valence-corrected chi connectivity index (χ3v) is 5.62. The number of imide groups is 1. The van der Waals surface area contributed by atoms with E-state index < -0.39 is 28.2 Å². The zero-order chi connectivity index (χ0) is 21.7. The minimum absolute atomic E-state index is 0.0715. The first-order valence-electron chi connectivity index (χ1n) is 9.19. The highest BCUT2D eigenvalue weighted by atomic mass is 35.6. The van der Waals surface area contributed by atoms with Crippen LogP contribution >= 0.6 is 34.8 Å². The number of carbonyl (C=O) groups is 3. The van der Waals surface area contributed by atoms with Crippen molar-refractivity contribution in [2.45, 2.75) is 34.4 Å². The quantitative estimate of drug-likeness (QED) is 0.309. The topological polar surface area (TPSA) is 115 Å². The van der Waals surface area contributed by atoms with E-state index >= 15 is 0 Å². The highest BCUT2D eigenvalue weighted by Crippen LogP contribution is 2.36.